The van der Waals surface area contributed by atoms with Crippen molar-refractivity contribution in [1.29, 1.82) is 0 Å². The summed E-state index contributed by atoms with van der Waals surface area (Å²) in [5.74, 6) is 1.64. The predicted octanol–water partition coefficient (Wildman–Crippen LogP) is 2.60. The van der Waals surface area contributed by atoms with Gasteiger partial charge in [0.2, 0.25) is 0 Å². The Morgan fingerprint density at radius 1 is 1.29 bits per heavy atom. The molecule has 0 saturated heterocycles. The molecule has 0 aliphatic heterocycles. The van der Waals surface area contributed by atoms with E-state index in [0.717, 1.165) is 24.3 Å². The molecule has 0 saturated carbocycles. The number of hydrogen-bond acceptors (Lipinski definition) is 5. The van der Waals surface area contributed by atoms with Gasteiger partial charge < -0.3 is 20.1 Å². The molecule has 28 heavy (non-hydrogen) atoms. The van der Waals surface area contributed by atoms with Crippen molar-refractivity contribution < 1.29 is 17.9 Å². The van der Waals surface area contributed by atoms with E-state index in [2.05, 4.69) is 15.6 Å². The monoisotopic (exact) mass is 527 g/mol. The highest BCUT2D eigenvalue weighted by atomic mass is 127. The molecule has 0 aliphatic rings. The third-order valence-electron chi connectivity index (χ3n) is 3.73. The topological polar surface area (TPSA) is 89.0 Å². The Kier molecular flexibility index (Phi) is 14.3. The second kappa shape index (κ2) is 14.9. The molecule has 2 N–H and O–H groups in total. The van der Waals surface area contributed by atoms with Gasteiger partial charge in [0.25, 0.3) is 0 Å². The van der Waals surface area contributed by atoms with Gasteiger partial charge in [-0.3, -0.25) is 0 Å². The Morgan fingerprint density at radius 2 is 2.04 bits per heavy atom. The number of nitrogens with zero attached hydrogens (tertiary/aromatic N) is 1. The number of methoxy groups -OCH3 is 1. The van der Waals surface area contributed by atoms with Gasteiger partial charge in [0.05, 0.1) is 18.9 Å². The number of benzene rings is 1. The first-order valence-electron chi connectivity index (χ1n) is 9.27. The van der Waals surface area contributed by atoms with E-state index in [9.17, 15) is 8.42 Å². The van der Waals surface area contributed by atoms with Crippen LogP contribution >= 0.6 is 24.0 Å². The lowest BCUT2D eigenvalue weighted by molar-refractivity contribution is 0.172. The third kappa shape index (κ3) is 13.2. The standard InChI is InChI=1S/C19H33N3O4S.HI/c1-5-20-19(22-16(2)10-13-27(4,23)24)21-15-17-8-6-9-18(14-17)26-12-7-11-25-3;/h6,8-9,14,16H,5,7,10-13,15H2,1-4H3,(H2,20,21,22);1H. The summed E-state index contributed by atoms with van der Waals surface area (Å²) in [7, 11) is -1.28. The van der Waals surface area contributed by atoms with Crippen LogP contribution < -0.4 is 15.4 Å². The quantitative estimate of drug-likeness (QED) is 0.188. The maximum atomic E-state index is 11.3. The Morgan fingerprint density at radius 3 is 2.68 bits per heavy atom. The number of sulfone groups is 1. The first-order valence-corrected chi connectivity index (χ1v) is 11.3. The minimum absolute atomic E-state index is 0. The van der Waals surface area contributed by atoms with Crippen molar-refractivity contribution in [3.05, 3.63) is 29.8 Å². The van der Waals surface area contributed by atoms with Gasteiger partial charge in [0.1, 0.15) is 15.6 Å². The Bertz CT molecular complexity index is 684. The highest BCUT2D eigenvalue weighted by Crippen LogP contribution is 2.14. The smallest absolute Gasteiger partial charge is 0.191 e. The highest BCUT2D eigenvalue weighted by Gasteiger charge is 2.09. The number of aliphatic imine (C=N–C) groups is 1. The molecule has 0 amide bonds. The van der Waals surface area contributed by atoms with E-state index in [-0.39, 0.29) is 35.8 Å². The predicted molar refractivity (Wildman–Crippen MR) is 126 cm³/mol. The van der Waals surface area contributed by atoms with Crippen LogP contribution in [-0.2, 0) is 21.1 Å². The van der Waals surface area contributed by atoms with Crippen molar-refractivity contribution in [1.82, 2.24) is 10.6 Å². The lowest BCUT2D eigenvalue weighted by atomic mass is 10.2. The number of nitrogens with one attached hydrogen (secondary N) is 2. The normalized spacial score (nSPS) is 12.8. The van der Waals surface area contributed by atoms with E-state index >= 15 is 0 Å². The molecule has 0 fully saturated rings. The van der Waals surface area contributed by atoms with Crippen LogP contribution in [0.1, 0.15) is 32.3 Å². The van der Waals surface area contributed by atoms with Crippen LogP contribution in [0.3, 0.4) is 0 Å². The summed E-state index contributed by atoms with van der Waals surface area (Å²) in [6.07, 6.45) is 2.64. The van der Waals surface area contributed by atoms with Crippen LogP contribution in [0.5, 0.6) is 5.75 Å². The summed E-state index contributed by atoms with van der Waals surface area (Å²) in [5.41, 5.74) is 1.04. The molecule has 1 rings (SSSR count). The second-order valence-electron chi connectivity index (χ2n) is 6.50. The molecule has 0 aromatic heterocycles. The molecule has 0 bridgehead atoms. The average Bonchev–Trinajstić information content (AvgIpc) is 2.62. The molecular weight excluding hydrogens is 493 g/mol. The first kappa shape index (κ1) is 26.9. The zero-order valence-corrected chi connectivity index (χ0v) is 20.4. The summed E-state index contributed by atoms with van der Waals surface area (Å²) in [6.45, 7) is 6.47. The Labute approximate surface area is 186 Å². The van der Waals surface area contributed by atoms with E-state index in [1.54, 1.807) is 7.11 Å². The fraction of sp³-hybridized carbons (Fsp3) is 0.632. The number of halogens is 1. The van der Waals surface area contributed by atoms with Gasteiger partial charge in [0, 0.05) is 39.0 Å². The second-order valence-corrected chi connectivity index (χ2v) is 8.76. The summed E-state index contributed by atoms with van der Waals surface area (Å²) in [4.78, 5) is 4.59. The maximum absolute atomic E-state index is 11.3. The van der Waals surface area contributed by atoms with Crippen molar-refractivity contribution in [2.45, 2.75) is 39.3 Å². The van der Waals surface area contributed by atoms with Gasteiger partial charge in [-0.1, -0.05) is 12.1 Å². The molecular formula is C19H34IN3O4S. The average molecular weight is 527 g/mol. The molecule has 162 valence electrons. The van der Waals surface area contributed by atoms with Crippen molar-refractivity contribution in [2.24, 2.45) is 4.99 Å². The van der Waals surface area contributed by atoms with E-state index in [4.69, 9.17) is 9.47 Å². The van der Waals surface area contributed by atoms with Crippen molar-refractivity contribution >= 4 is 39.8 Å². The van der Waals surface area contributed by atoms with Gasteiger partial charge in [-0.2, -0.15) is 0 Å². The van der Waals surface area contributed by atoms with Crippen molar-refractivity contribution in [3.63, 3.8) is 0 Å². The molecule has 1 aromatic rings. The molecule has 7 nitrogen and oxygen atoms in total. The number of guanidine groups is 1. The van der Waals surface area contributed by atoms with Gasteiger partial charge in [-0.25, -0.2) is 13.4 Å². The molecule has 0 spiro atoms. The SMILES string of the molecule is CCNC(=NCc1cccc(OCCCOC)c1)NC(C)CCS(C)(=O)=O.I. The van der Waals surface area contributed by atoms with Crippen molar-refractivity contribution in [2.75, 3.05) is 38.9 Å². The number of ether oxygens (including phenoxy) is 2. The zero-order chi connectivity index (χ0) is 20.1. The Hall–Kier alpha value is -1.07. The van der Waals surface area contributed by atoms with Crippen LogP contribution in [0.4, 0.5) is 0 Å². The van der Waals surface area contributed by atoms with Crippen LogP contribution in [0.25, 0.3) is 0 Å². The van der Waals surface area contributed by atoms with Crippen LogP contribution in [0.2, 0.25) is 0 Å². The fourth-order valence-corrected chi connectivity index (χ4v) is 3.10. The summed E-state index contributed by atoms with van der Waals surface area (Å²) in [6, 6.07) is 7.87. The minimum atomic E-state index is -2.96. The molecule has 0 heterocycles. The van der Waals surface area contributed by atoms with Gasteiger partial charge >= 0.3 is 0 Å². The zero-order valence-electron chi connectivity index (χ0n) is 17.2. The van der Waals surface area contributed by atoms with Crippen LogP contribution in [-0.4, -0.2) is 59.3 Å². The van der Waals surface area contributed by atoms with Crippen LogP contribution in [0, 0.1) is 0 Å². The Balaban J connectivity index is 0.00000729. The maximum Gasteiger partial charge on any atom is 0.191 e. The van der Waals surface area contributed by atoms with E-state index in [0.29, 0.717) is 32.1 Å². The van der Waals surface area contributed by atoms with E-state index in [1.165, 1.54) is 6.26 Å². The lowest BCUT2D eigenvalue weighted by Gasteiger charge is -2.17. The summed E-state index contributed by atoms with van der Waals surface area (Å²) >= 11 is 0. The molecule has 9 heteroatoms. The summed E-state index contributed by atoms with van der Waals surface area (Å²) < 4.78 is 33.3. The highest BCUT2D eigenvalue weighted by molar-refractivity contribution is 14.0. The molecule has 1 unspecified atom stereocenters. The van der Waals surface area contributed by atoms with Gasteiger partial charge in [-0.05, 0) is 38.0 Å². The van der Waals surface area contributed by atoms with Gasteiger partial charge in [0.15, 0.2) is 5.96 Å². The van der Waals surface area contributed by atoms with E-state index in [1.807, 2.05) is 38.1 Å². The van der Waals surface area contributed by atoms with Crippen molar-refractivity contribution in [3.8, 4) is 5.75 Å². The third-order valence-corrected chi connectivity index (χ3v) is 4.71. The van der Waals surface area contributed by atoms with E-state index < -0.39 is 9.84 Å². The lowest BCUT2D eigenvalue weighted by Crippen LogP contribution is -2.42. The first-order chi connectivity index (χ1) is 12.8. The molecule has 1 aromatic carbocycles. The number of rotatable bonds is 12. The number of hydrogen-bond donors (Lipinski definition) is 2. The largest absolute Gasteiger partial charge is 0.493 e. The fourth-order valence-electron chi connectivity index (χ4n) is 2.31. The van der Waals surface area contributed by atoms with Crippen LogP contribution in [0.15, 0.2) is 29.3 Å². The summed E-state index contributed by atoms with van der Waals surface area (Å²) in [5, 5.41) is 6.44. The minimum Gasteiger partial charge on any atom is -0.493 e. The van der Waals surface area contributed by atoms with Gasteiger partial charge in [-0.15, -0.1) is 24.0 Å². The molecule has 0 aliphatic carbocycles. The molecule has 0 radical (unpaired) electrons. The molecule has 1 atom stereocenters.